The summed E-state index contributed by atoms with van der Waals surface area (Å²) in [5.41, 5.74) is 7.89. The molecule has 43 heavy (non-hydrogen) atoms. The van der Waals surface area contributed by atoms with Crippen molar-refractivity contribution in [1.29, 1.82) is 0 Å². The number of benzene rings is 4. The van der Waals surface area contributed by atoms with Crippen LogP contribution in [0.25, 0.3) is 11.1 Å². The molecule has 1 nitrogen and oxygen atoms in total. The van der Waals surface area contributed by atoms with E-state index in [4.69, 9.17) is 0 Å². The Kier molecular flexibility index (Phi) is 8.18. The molecule has 9 rings (SSSR count). The van der Waals surface area contributed by atoms with Crippen molar-refractivity contribution in [2.24, 2.45) is 23.7 Å². The summed E-state index contributed by atoms with van der Waals surface area (Å²) in [5, 5.41) is 3.31. The van der Waals surface area contributed by atoms with Crippen LogP contribution in [0.1, 0.15) is 47.0 Å². The van der Waals surface area contributed by atoms with Gasteiger partial charge in [0.1, 0.15) is 0 Å². The molecule has 1 N–H and O–H groups in total. The summed E-state index contributed by atoms with van der Waals surface area (Å²) in [7, 11) is 0. The van der Waals surface area contributed by atoms with Crippen LogP contribution < -0.4 is 13.6 Å². The van der Waals surface area contributed by atoms with Gasteiger partial charge in [0.05, 0.1) is 0 Å². The summed E-state index contributed by atoms with van der Waals surface area (Å²) in [6, 6.07) is 44.1. The number of allylic oxidation sites excluding steroid dienone is 4. The topological polar surface area (TPSA) is 12.0 Å². The van der Waals surface area contributed by atoms with E-state index in [9.17, 15) is 0 Å². The number of hydrogen-bond donors (Lipinski definition) is 1. The molecule has 3 heteroatoms. The first kappa shape index (κ1) is 29.1. The fraction of sp³-hybridized carbons (Fsp3) is 0.300. The first-order valence-electron chi connectivity index (χ1n) is 16.2. The molecule has 4 saturated carbocycles. The molecule has 4 aromatic rings. The standard InChI is InChI=1S/C12H11Si.C12H10.C9H13.C7H10N.Zr/c1-3-7-11(8-4-1)13-12-9-5-2-6-10-12;1-3-7-11(8-4-1)12-9-5-2-6-10-12;1-6-5-7(2)9(4)8(6)3;8-7-1-4-5(2-7)6(4)3-7;/h1-10,13H;1-10H;6H,1-4H3;4-6,8H,1-3H2;/q;;;-1;+1. The van der Waals surface area contributed by atoms with Gasteiger partial charge < -0.3 is 0 Å². The zero-order valence-electron chi connectivity index (χ0n) is 26.1. The van der Waals surface area contributed by atoms with Gasteiger partial charge in [0.2, 0.25) is 0 Å². The predicted octanol–water partition coefficient (Wildman–Crippen LogP) is 8.06. The molecule has 4 fully saturated rings. The Hall–Kier alpha value is -2.58. The van der Waals surface area contributed by atoms with Crippen molar-refractivity contribution < 1.29 is 21.2 Å². The van der Waals surface area contributed by atoms with Crippen molar-refractivity contribution in [3.05, 3.63) is 141 Å². The van der Waals surface area contributed by atoms with Gasteiger partial charge in [0.25, 0.3) is 0 Å². The van der Waals surface area contributed by atoms with Crippen molar-refractivity contribution in [2.45, 2.75) is 52.5 Å². The molecule has 0 saturated heterocycles. The molecule has 217 valence electrons. The minimum absolute atomic E-state index is 0.487. The summed E-state index contributed by atoms with van der Waals surface area (Å²) >= 11 is -2.21. The van der Waals surface area contributed by atoms with Gasteiger partial charge in [-0.15, -0.1) is 0 Å². The summed E-state index contributed by atoms with van der Waals surface area (Å²) < 4.78 is 6.55. The Balaban J connectivity index is 0.000000209. The molecule has 0 aliphatic heterocycles. The maximum atomic E-state index is 4.66. The molecule has 0 heterocycles. The van der Waals surface area contributed by atoms with E-state index in [0.29, 0.717) is 11.5 Å². The van der Waals surface area contributed by atoms with Crippen LogP contribution in [-0.2, 0) is 21.2 Å². The van der Waals surface area contributed by atoms with Crippen molar-refractivity contribution >= 4 is 16.3 Å². The SMILES string of the molecule is CC1=C(C)C(C)[C]([Zr]([NH]C23CC4C(C2)C4C3)[SiH](c2ccccc2)c2ccccc2)=C1C.c1ccc(-c2ccccc2)cc1. The molecule has 5 aliphatic rings. The molecule has 1 atom stereocenters. The van der Waals surface area contributed by atoms with Crippen LogP contribution in [0.5, 0.6) is 0 Å². The van der Waals surface area contributed by atoms with Crippen LogP contribution in [-0.4, -0.2) is 11.5 Å². The van der Waals surface area contributed by atoms with Crippen LogP contribution in [0, 0.1) is 23.7 Å². The first-order chi connectivity index (χ1) is 21.0. The van der Waals surface area contributed by atoms with E-state index in [-0.39, 0.29) is 0 Å². The van der Waals surface area contributed by atoms with E-state index in [0.717, 1.165) is 17.8 Å². The smallest absolute Gasteiger partial charge is 0.0184 e. The average Bonchev–Trinajstić information content (AvgIpc) is 3.44. The largest absolute Gasteiger partial charge is 0.0622 e. The molecule has 0 aromatic heterocycles. The predicted molar refractivity (Wildman–Crippen MR) is 182 cm³/mol. The van der Waals surface area contributed by atoms with Crippen LogP contribution in [0.15, 0.2) is 141 Å². The maximum absolute atomic E-state index is 4.66. The third kappa shape index (κ3) is 5.58. The molecule has 1 unspecified atom stereocenters. The molecule has 0 spiro atoms. The van der Waals surface area contributed by atoms with E-state index in [1.807, 2.05) is 15.4 Å². The third-order valence-electron chi connectivity index (χ3n) is 11.2. The zero-order valence-corrected chi connectivity index (χ0v) is 29.7. The van der Waals surface area contributed by atoms with Gasteiger partial charge in [0, 0.05) is 0 Å². The Morgan fingerprint density at radius 1 is 0.581 bits per heavy atom. The minimum Gasteiger partial charge on any atom is -0.0622 e. The summed E-state index contributed by atoms with van der Waals surface area (Å²) in [4.78, 5) is 0. The second kappa shape index (κ2) is 12.1. The van der Waals surface area contributed by atoms with Crippen molar-refractivity contribution in [2.75, 3.05) is 0 Å². The average molecular weight is 658 g/mol. The minimum atomic E-state index is -2.21. The van der Waals surface area contributed by atoms with E-state index in [1.165, 1.54) is 30.4 Å². The van der Waals surface area contributed by atoms with Crippen molar-refractivity contribution in [3.8, 4) is 11.1 Å². The van der Waals surface area contributed by atoms with E-state index in [1.54, 1.807) is 27.1 Å². The van der Waals surface area contributed by atoms with Gasteiger partial charge in [-0.25, -0.2) is 0 Å². The van der Waals surface area contributed by atoms with Crippen LogP contribution in [0.3, 0.4) is 0 Å². The van der Waals surface area contributed by atoms with Crippen LogP contribution in [0.4, 0.5) is 0 Å². The van der Waals surface area contributed by atoms with Crippen LogP contribution >= 0.6 is 0 Å². The Labute approximate surface area is 267 Å². The summed E-state index contributed by atoms with van der Waals surface area (Å²) in [5.74, 6) is 2.51. The van der Waals surface area contributed by atoms with Gasteiger partial charge in [-0.1, -0.05) is 60.7 Å². The van der Waals surface area contributed by atoms with Crippen LogP contribution in [0.2, 0.25) is 0 Å². The monoisotopic (exact) mass is 656 g/mol. The van der Waals surface area contributed by atoms with E-state index < -0.39 is 27.1 Å². The van der Waals surface area contributed by atoms with Gasteiger partial charge >= 0.3 is 198 Å². The molecular weight excluding hydrogens is 614 g/mol. The fourth-order valence-electron chi connectivity index (χ4n) is 8.65. The number of hydrogen-bond acceptors (Lipinski definition) is 1. The molecule has 5 aliphatic carbocycles. The van der Waals surface area contributed by atoms with Gasteiger partial charge in [-0.3, -0.25) is 0 Å². The quantitative estimate of drug-likeness (QED) is 0.198. The molecule has 0 amide bonds. The second-order valence-electron chi connectivity index (χ2n) is 13.5. The summed E-state index contributed by atoms with van der Waals surface area (Å²) in [6.07, 6.45) is 4.43. The van der Waals surface area contributed by atoms with E-state index >= 15 is 0 Å². The Morgan fingerprint density at radius 3 is 1.35 bits per heavy atom. The normalized spacial score (nSPS) is 26.5. The first-order valence-corrected chi connectivity index (χ1v) is 24.6. The molecule has 4 bridgehead atoms. The second-order valence-corrected chi connectivity index (χ2v) is 27.3. The van der Waals surface area contributed by atoms with Crippen molar-refractivity contribution in [1.82, 2.24) is 3.26 Å². The zero-order chi connectivity index (χ0) is 29.6. The van der Waals surface area contributed by atoms with Gasteiger partial charge in [-0.2, -0.15) is 0 Å². The van der Waals surface area contributed by atoms with Crippen molar-refractivity contribution in [3.63, 3.8) is 0 Å². The molecule has 0 radical (unpaired) electrons. The van der Waals surface area contributed by atoms with Gasteiger partial charge in [-0.05, 0) is 11.1 Å². The van der Waals surface area contributed by atoms with Gasteiger partial charge in [0.15, 0.2) is 0 Å². The summed E-state index contributed by atoms with van der Waals surface area (Å²) in [6.45, 7) is 9.71. The number of rotatable bonds is 7. The molecule has 4 aromatic carbocycles. The number of nitrogens with one attached hydrogen (secondary N) is 1. The molecular formula is C40H44NSiZr. The maximum Gasteiger partial charge on any atom is -0.0184 e. The Morgan fingerprint density at radius 2 is 0.977 bits per heavy atom. The van der Waals surface area contributed by atoms with E-state index in [2.05, 4.69) is 140 Å². The fourth-order valence-corrected chi connectivity index (χ4v) is 32.7. The Bertz CT molecular complexity index is 1520. The third-order valence-corrected chi connectivity index (χ3v) is 31.1.